The second-order valence-electron chi connectivity index (χ2n) is 5.52. The van der Waals surface area contributed by atoms with Crippen molar-refractivity contribution in [3.8, 4) is 11.3 Å². The molecule has 0 saturated heterocycles. The minimum atomic E-state index is -0.628. The van der Waals surface area contributed by atoms with Gasteiger partial charge in [0.15, 0.2) is 0 Å². The number of benzene rings is 1. The Kier molecular flexibility index (Phi) is 4.44. The van der Waals surface area contributed by atoms with Gasteiger partial charge in [0.1, 0.15) is 11.4 Å². The van der Waals surface area contributed by atoms with Gasteiger partial charge in [-0.2, -0.15) is 0 Å². The second-order valence-corrected chi connectivity index (χ2v) is 6.84. The lowest BCUT2D eigenvalue weighted by Crippen LogP contribution is -2.27. The van der Waals surface area contributed by atoms with E-state index in [0.29, 0.717) is 20.8 Å². The number of carbonyl (C=O) groups excluding carboxylic acids is 1. The van der Waals surface area contributed by atoms with Crippen molar-refractivity contribution < 1.29 is 13.9 Å². The molecule has 0 radical (unpaired) electrons. The van der Waals surface area contributed by atoms with Crippen LogP contribution in [-0.4, -0.2) is 16.3 Å². The van der Waals surface area contributed by atoms with Gasteiger partial charge in [0.2, 0.25) is 0 Å². The van der Waals surface area contributed by atoms with Gasteiger partial charge in [-0.1, -0.05) is 11.6 Å². The van der Waals surface area contributed by atoms with Gasteiger partial charge < -0.3 is 4.74 Å². The first-order chi connectivity index (χ1) is 9.67. The van der Waals surface area contributed by atoms with Crippen LogP contribution in [-0.2, 0) is 4.74 Å². The molecule has 6 heteroatoms. The molecule has 1 aromatic carbocycles. The lowest BCUT2D eigenvalue weighted by Gasteiger charge is -2.20. The van der Waals surface area contributed by atoms with E-state index in [9.17, 15) is 9.18 Å². The Morgan fingerprint density at radius 1 is 1.33 bits per heavy atom. The number of hydrogen-bond donors (Lipinski definition) is 0. The summed E-state index contributed by atoms with van der Waals surface area (Å²) in [5, 5.41) is 0.354. The molecule has 1 heterocycles. The van der Waals surface area contributed by atoms with E-state index in [-0.39, 0.29) is 0 Å². The molecule has 0 spiro atoms. The van der Waals surface area contributed by atoms with Gasteiger partial charge in [-0.05, 0) is 61.0 Å². The lowest BCUT2D eigenvalue weighted by atomic mass is 10.1. The van der Waals surface area contributed by atoms with Crippen LogP contribution in [0.25, 0.3) is 11.3 Å². The number of rotatable bonds is 1. The van der Waals surface area contributed by atoms with Gasteiger partial charge in [0.05, 0.1) is 10.7 Å². The second kappa shape index (κ2) is 5.81. The van der Waals surface area contributed by atoms with Crippen LogP contribution in [0.1, 0.15) is 20.8 Å². The van der Waals surface area contributed by atoms with E-state index in [4.69, 9.17) is 16.3 Å². The topological polar surface area (TPSA) is 31.2 Å². The SMILES string of the molecule is CC(C)(C)OC(=O)n1cc(Br)cc1-c1cc(F)ccc1Cl. The first-order valence-electron chi connectivity index (χ1n) is 6.24. The third kappa shape index (κ3) is 3.86. The van der Waals surface area contributed by atoms with Gasteiger partial charge in [0, 0.05) is 16.2 Å². The van der Waals surface area contributed by atoms with Gasteiger partial charge in [-0.15, -0.1) is 0 Å². The van der Waals surface area contributed by atoms with Crippen molar-refractivity contribution >= 4 is 33.6 Å². The Labute approximate surface area is 135 Å². The van der Waals surface area contributed by atoms with E-state index in [1.54, 1.807) is 33.0 Å². The van der Waals surface area contributed by atoms with Crippen LogP contribution in [0.2, 0.25) is 5.02 Å². The fourth-order valence-electron chi connectivity index (χ4n) is 1.79. The minimum absolute atomic E-state index is 0.354. The zero-order valence-corrected chi connectivity index (χ0v) is 14.1. The molecule has 0 bridgehead atoms. The maximum Gasteiger partial charge on any atom is 0.419 e. The number of aromatic nitrogens is 1. The van der Waals surface area contributed by atoms with Crippen molar-refractivity contribution in [1.29, 1.82) is 0 Å². The Morgan fingerprint density at radius 3 is 2.62 bits per heavy atom. The maximum atomic E-state index is 13.4. The van der Waals surface area contributed by atoms with Crippen molar-refractivity contribution in [1.82, 2.24) is 4.57 Å². The van der Waals surface area contributed by atoms with E-state index in [0.717, 1.165) is 0 Å². The minimum Gasteiger partial charge on any atom is -0.443 e. The molecule has 2 aromatic rings. The van der Waals surface area contributed by atoms with Crippen molar-refractivity contribution in [3.63, 3.8) is 0 Å². The molecule has 0 amide bonds. The Hall–Kier alpha value is -1.33. The summed E-state index contributed by atoms with van der Waals surface area (Å²) in [7, 11) is 0. The summed E-state index contributed by atoms with van der Waals surface area (Å²) in [5.74, 6) is -0.428. The average molecular weight is 375 g/mol. The molecular weight excluding hydrogens is 361 g/mol. The standard InChI is InChI=1S/C15H14BrClFNO2/c1-15(2,3)21-14(20)19-8-9(16)6-13(19)11-7-10(18)4-5-12(11)17/h4-8H,1-3H3. The third-order valence-electron chi connectivity index (χ3n) is 2.58. The zero-order chi connectivity index (χ0) is 15.8. The maximum absolute atomic E-state index is 13.4. The lowest BCUT2D eigenvalue weighted by molar-refractivity contribution is 0.0540. The zero-order valence-electron chi connectivity index (χ0n) is 11.8. The van der Waals surface area contributed by atoms with Gasteiger partial charge in [-0.25, -0.2) is 9.18 Å². The molecule has 3 nitrogen and oxygen atoms in total. The van der Waals surface area contributed by atoms with Gasteiger partial charge in [0.25, 0.3) is 0 Å². The highest BCUT2D eigenvalue weighted by Crippen LogP contribution is 2.32. The number of halogens is 3. The van der Waals surface area contributed by atoms with Crippen LogP contribution in [0.3, 0.4) is 0 Å². The first kappa shape index (κ1) is 16.0. The molecule has 112 valence electrons. The molecular formula is C15H14BrClFNO2. The number of hydrogen-bond acceptors (Lipinski definition) is 2. The largest absolute Gasteiger partial charge is 0.443 e. The quantitative estimate of drug-likeness (QED) is 0.660. The smallest absolute Gasteiger partial charge is 0.419 e. The van der Waals surface area contributed by atoms with Crippen LogP contribution < -0.4 is 0 Å². The summed E-state index contributed by atoms with van der Waals surface area (Å²) in [6.07, 6.45) is 1.01. The molecule has 0 aliphatic rings. The molecule has 1 aromatic heterocycles. The fraction of sp³-hybridized carbons (Fsp3) is 0.267. The number of carbonyl (C=O) groups is 1. The molecule has 0 aliphatic heterocycles. The van der Waals surface area contributed by atoms with Gasteiger partial charge in [-0.3, -0.25) is 4.57 Å². The monoisotopic (exact) mass is 373 g/mol. The van der Waals surface area contributed by atoms with Crippen LogP contribution in [0, 0.1) is 5.82 Å². The highest BCUT2D eigenvalue weighted by Gasteiger charge is 2.22. The molecule has 0 N–H and O–H groups in total. The average Bonchev–Trinajstić information content (AvgIpc) is 2.72. The molecule has 0 aliphatic carbocycles. The molecule has 0 fully saturated rings. The van der Waals surface area contributed by atoms with Crippen molar-refractivity contribution in [2.75, 3.05) is 0 Å². The summed E-state index contributed by atoms with van der Waals surface area (Å²) >= 11 is 9.41. The van der Waals surface area contributed by atoms with E-state index < -0.39 is 17.5 Å². The fourth-order valence-corrected chi connectivity index (χ4v) is 2.43. The molecule has 0 atom stereocenters. The number of nitrogens with zero attached hydrogens (tertiary/aromatic N) is 1. The van der Waals surface area contributed by atoms with Crippen LogP contribution >= 0.6 is 27.5 Å². The summed E-state index contributed by atoms with van der Waals surface area (Å²) in [4.78, 5) is 12.2. The summed E-state index contributed by atoms with van der Waals surface area (Å²) in [6, 6.07) is 5.68. The van der Waals surface area contributed by atoms with E-state index in [2.05, 4.69) is 15.9 Å². The van der Waals surface area contributed by atoms with Crippen LogP contribution in [0.4, 0.5) is 9.18 Å². The predicted octanol–water partition coefficient (Wildman–Crippen LogP) is 5.49. The summed E-state index contributed by atoms with van der Waals surface area (Å²) in [6.45, 7) is 5.33. The third-order valence-corrected chi connectivity index (χ3v) is 3.34. The normalized spacial score (nSPS) is 11.5. The molecule has 0 unspecified atom stereocenters. The highest BCUT2D eigenvalue weighted by molar-refractivity contribution is 9.10. The van der Waals surface area contributed by atoms with Crippen LogP contribution in [0.15, 0.2) is 34.9 Å². The van der Waals surface area contributed by atoms with E-state index in [1.807, 2.05) is 0 Å². The predicted molar refractivity (Wildman–Crippen MR) is 84.2 cm³/mol. The Bertz CT molecular complexity index is 691. The van der Waals surface area contributed by atoms with E-state index >= 15 is 0 Å². The van der Waals surface area contributed by atoms with Crippen molar-refractivity contribution in [2.45, 2.75) is 26.4 Å². The van der Waals surface area contributed by atoms with Crippen LogP contribution in [0.5, 0.6) is 0 Å². The highest BCUT2D eigenvalue weighted by atomic mass is 79.9. The van der Waals surface area contributed by atoms with Crippen molar-refractivity contribution in [3.05, 3.63) is 45.8 Å². The Balaban J connectivity index is 2.51. The number of ether oxygens (including phenoxy) is 1. The Morgan fingerprint density at radius 2 is 2.00 bits per heavy atom. The summed E-state index contributed by atoms with van der Waals surface area (Å²) in [5.41, 5.74) is 0.255. The molecule has 0 saturated carbocycles. The van der Waals surface area contributed by atoms with E-state index in [1.165, 1.54) is 22.8 Å². The molecule has 2 rings (SSSR count). The van der Waals surface area contributed by atoms with Gasteiger partial charge >= 0.3 is 6.09 Å². The first-order valence-corrected chi connectivity index (χ1v) is 7.41. The molecule has 21 heavy (non-hydrogen) atoms. The summed E-state index contributed by atoms with van der Waals surface area (Å²) < 4.78 is 20.8. The van der Waals surface area contributed by atoms with Crippen molar-refractivity contribution in [2.24, 2.45) is 0 Å².